The first-order chi connectivity index (χ1) is 19.9. The molecule has 12 heteroatoms. The Bertz CT molecular complexity index is 1270. The van der Waals surface area contributed by atoms with Crippen molar-refractivity contribution in [2.45, 2.75) is 33.0 Å². The highest BCUT2D eigenvalue weighted by molar-refractivity contribution is 6.32. The van der Waals surface area contributed by atoms with Crippen molar-refractivity contribution in [2.24, 2.45) is 20.4 Å². The number of terminal acetylenes is 1. The fraction of sp³-hybridized carbons (Fsp3) is 0.400. The molecule has 2 aromatic rings. The maximum Gasteiger partial charge on any atom is 0.422 e. The minimum absolute atomic E-state index is 0.259. The van der Waals surface area contributed by atoms with Crippen LogP contribution < -0.4 is 10.1 Å². The van der Waals surface area contributed by atoms with E-state index in [1.54, 1.807) is 0 Å². The summed E-state index contributed by atoms with van der Waals surface area (Å²) in [6.07, 6.45) is 1.78. The van der Waals surface area contributed by atoms with Gasteiger partial charge in [-0.2, -0.15) is 18.2 Å². The van der Waals surface area contributed by atoms with Crippen LogP contribution >= 0.6 is 11.6 Å². The molecule has 0 aliphatic heterocycles. The Hall–Kier alpha value is -3.88. The number of aliphatic imine (C=N–C) groups is 3. The van der Waals surface area contributed by atoms with Crippen LogP contribution in [0.5, 0.6) is 5.75 Å². The zero-order chi connectivity index (χ0) is 31.2. The van der Waals surface area contributed by atoms with Gasteiger partial charge in [0.1, 0.15) is 5.75 Å². The molecule has 0 radical (unpaired) electrons. The van der Waals surface area contributed by atoms with Crippen LogP contribution in [0.4, 0.5) is 18.9 Å². The van der Waals surface area contributed by atoms with Gasteiger partial charge in [-0.15, -0.1) is 6.42 Å². The van der Waals surface area contributed by atoms with Gasteiger partial charge >= 0.3 is 12.2 Å². The summed E-state index contributed by atoms with van der Waals surface area (Å²) in [5.41, 5.74) is 1.26. The topological polar surface area (TPSA) is 87.9 Å². The van der Waals surface area contributed by atoms with E-state index in [9.17, 15) is 18.0 Å². The zero-order valence-electron chi connectivity index (χ0n) is 23.7. The van der Waals surface area contributed by atoms with Gasteiger partial charge in [0.25, 0.3) is 5.91 Å². The number of carbonyl (C=O) groups excluding carboxylic acids is 1. The third-order valence-corrected chi connectivity index (χ3v) is 6.01. The third kappa shape index (κ3) is 12.7. The first-order valence-corrected chi connectivity index (χ1v) is 13.4. The molecule has 0 fully saturated rings. The van der Waals surface area contributed by atoms with Crippen molar-refractivity contribution in [3.05, 3.63) is 58.6 Å². The quantitative estimate of drug-likeness (QED) is 0.117. The van der Waals surface area contributed by atoms with Gasteiger partial charge in [-0.05, 0) is 67.2 Å². The molecule has 2 rings (SSSR count). The normalized spacial score (nSPS) is 12.0. The van der Waals surface area contributed by atoms with E-state index >= 15 is 0 Å². The molecule has 0 saturated carbocycles. The fourth-order valence-electron chi connectivity index (χ4n) is 3.84. The van der Waals surface area contributed by atoms with Crippen molar-refractivity contribution in [3.8, 4) is 18.1 Å². The molecule has 1 amide bonds. The Kier molecular flexibility index (Phi) is 13.5. The molecule has 0 bridgehead atoms. The maximum atomic E-state index is 12.7. The lowest BCUT2D eigenvalue weighted by atomic mass is 9.92. The van der Waals surface area contributed by atoms with Crippen LogP contribution in [0.1, 0.15) is 36.2 Å². The fourth-order valence-corrected chi connectivity index (χ4v) is 4.10. The van der Waals surface area contributed by atoms with Gasteiger partial charge in [-0.1, -0.05) is 37.4 Å². The molecule has 0 aliphatic carbocycles. The molecule has 8 nitrogen and oxygen atoms in total. The minimum Gasteiger partial charge on any atom is -0.492 e. The summed E-state index contributed by atoms with van der Waals surface area (Å²) in [5.74, 6) is 2.97. The van der Waals surface area contributed by atoms with Gasteiger partial charge in [0, 0.05) is 25.2 Å². The lowest BCUT2D eigenvalue weighted by molar-refractivity contribution is -0.156. The van der Waals surface area contributed by atoms with E-state index in [0.717, 1.165) is 12.0 Å². The summed E-state index contributed by atoms with van der Waals surface area (Å²) < 4.78 is 47.4. The number of rotatable bonds is 15. The average molecular weight is 606 g/mol. The molecule has 1 N–H and O–H groups in total. The second kappa shape index (κ2) is 16.5. The lowest BCUT2D eigenvalue weighted by Crippen LogP contribution is -2.42. The number of ether oxygens (including phenoxy) is 2. The lowest BCUT2D eigenvalue weighted by Gasteiger charge is -2.32. The second-order valence-corrected chi connectivity index (χ2v) is 10.5. The van der Waals surface area contributed by atoms with Crippen molar-refractivity contribution in [2.75, 3.05) is 39.4 Å². The van der Waals surface area contributed by atoms with Crippen molar-refractivity contribution in [1.29, 1.82) is 0 Å². The number of hydrogen-bond donors (Lipinski definition) is 1. The van der Waals surface area contributed by atoms with E-state index in [0.29, 0.717) is 55.7 Å². The van der Waals surface area contributed by atoms with Gasteiger partial charge in [0.15, 0.2) is 6.61 Å². The molecule has 0 heterocycles. The van der Waals surface area contributed by atoms with E-state index < -0.39 is 18.8 Å². The largest absolute Gasteiger partial charge is 0.492 e. The Morgan fingerprint density at radius 2 is 1.88 bits per heavy atom. The Morgan fingerprint density at radius 1 is 1.17 bits per heavy atom. The van der Waals surface area contributed by atoms with Crippen LogP contribution in [-0.4, -0.2) is 75.8 Å². The monoisotopic (exact) mass is 605 g/mol. The van der Waals surface area contributed by atoms with Crippen LogP contribution in [0.25, 0.3) is 0 Å². The van der Waals surface area contributed by atoms with E-state index in [2.05, 4.69) is 49.3 Å². The Morgan fingerprint density at radius 3 is 2.48 bits per heavy atom. The number of hydrogen-bond acceptors (Lipinski definition) is 6. The van der Waals surface area contributed by atoms with Crippen LogP contribution in [0.3, 0.4) is 0 Å². The summed E-state index contributed by atoms with van der Waals surface area (Å²) in [5, 5.41) is 3.44. The Balaban J connectivity index is 1.86. The highest BCUT2D eigenvalue weighted by Gasteiger charge is 2.29. The molecular weight excluding hydrogens is 571 g/mol. The molecular formula is C30H35ClF3N5O3. The average Bonchev–Trinajstić information content (AvgIpc) is 2.93. The smallest absolute Gasteiger partial charge is 0.422 e. The van der Waals surface area contributed by atoms with Crippen LogP contribution in [0, 0.1) is 17.8 Å². The summed E-state index contributed by atoms with van der Waals surface area (Å²) >= 11 is 6.30. The van der Waals surface area contributed by atoms with Crippen molar-refractivity contribution >= 4 is 42.7 Å². The number of nitrogens with zero attached hydrogens (tertiary/aromatic N) is 4. The predicted molar refractivity (Wildman–Crippen MR) is 161 cm³/mol. The molecule has 0 atom stereocenters. The van der Waals surface area contributed by atoms with Gasteiger partial charge in [-0.25, -0.2) is 4.99 Å². The van der Waals surface area contributed by atoms with Crippen molar-refractivity contribution in [1.82, 2.24) is 10.2 Å². The summed E-state index contributed by atoms with van der Waals surface area (Å²) in [6.45, 7) is 12.2. The Labute approximate surface area is 249 Å². The summed E-state index contributed by atoms with van der Waals surface area (Å²) in [6, 6.07) is 11.0. The first kappa shape index (κ1) is 34.3. The molecule has 0 aromatic heterocycles. The van der Waals surface area contributed by atoms with Gasteiger partial charge in [-0.3, -0.25) is 14.7 Å². The number of alkyl halides is 3. The number of carbonyl (C=O) groups is 1. The number of amidine groups is 1. The van der Waals surface area contributed by atoms with E-state index in [-0.39, 0.29) is 17.0 Å². The second-order valence-electron chi connectivity index (χ2n) is 10.1. The van der Waals surface area contributed by atoms with Crippen LogP contribution in [-0.2, 0) is 11.3 Å². The van der Waals surface area contributed by atoms with Gasteiger partial charge < -0.3 is 14.8 Å². The van der Waals surface area contributed by atoms with E-state index in [4.69, 9.17) is 22.8 Å². The number of benzene rings is 2. The molecule has 226 valence electrons. The minimum atomic E-state index is -4.53. The number of amides is 1. The first-order valence-electron chi connectivity index (χ1n) is 13.0. The zero-order valence-corrected chi connectivity index (χ0v) is 24.5. The molecule has 0 saturated heterocycles. The number of nitrogens with one attached hydrogen (secondary N) is 1. The van der Waals surface area contributed by atoms with Gasteiger partial charge in [0.2, 0.25) is 0 Å². The highest BCUT2D eigenvalue weighted by atomic mass is 35.5. The third-order valence-electron chi connectivity index (χ3n) is 5.72. The molecule has 0 aliphatic rings. The van der Waals surface area contributed by atoms with Crippen molar-refractivity contribution in [3.63, 3.8) is 0 Å². The predicted octanol–water partition coefficient (Wildman–Crippen LogP) is 5.97. The number of halogens is 4. The summed E-state index contributed by atoms with van der Waals surface area (Å²) in [7, 11) is 0. The standard InChI is InChI=1S/C30H35ClF3N5O3/c1-6-14-39(15-7-16-41-26-13-8-22(18-35-4)17-25(26)31)20-29(2,3)19-37-27(40)23-9-11-24(12-10-23)38-28(36-5)42-21-30(32,33)34/h1,8-13,17H,4-5,7,14-16,18-21H2,2-3H3,(H,37,40). The molecule has 2 aromatic carbocycles. The maximum absolute atomic E-state index is 12.7. The molecule has 42 heavy (non-hydrogen) atoms. The highest BCUT2D eigenvalue weighted by Crippen LogP contribution is 2.26. The molecule has 0 spiro atoms. The van der Waals surface area contributed by atoms with Crippen LogP contribution in [0.2, 0.25) is 5.02 Å². The van der Waals surface area contributed by atoms with E-state index in [1.165, 1.54) is 24.3 Å². The van der Waals surface area contributed by atoms with E-state index in [1.807, 2.05) is 32.0 Å². The van der Waals surface area contributed by atoms with Crippen molar-refractivity contribution < 1.29 is 27.4 Å². The summed E-state index contributed by atoms with van der Waals surface area (Å²) in [4.78, 5) is 25.9. The molecule has 0 unspecified atom stereocenters. The SMILES string of the molecule is C#CCN(CCCOc1ccc(CN=C)cc1Cl)CC(C)(C)CNC(=O)c1ccc(N=C(N=C)OCC(F)(F)F)cc1. The van der Waals surface area contributed by atoms with Crippen LogP contribution in [0.15, 0.2) is 57.4 Å². The van der Waals surface area contributed by atoms with Gasteiger partial charge in [0.05, 0.1) is 30.4 Å².